The molecule has 1 saturated heterocycles. The van der Waals surface area contributed by atoms with E-state index in [2.05, 4.69) is 11.8 Å². The molecule has 3 atom stereocenters. The van der Waals surface area contributed by atoms with Crippen molar-refractivity contribution in [3.63, 3.8) is 0 Å². The highest BCUT2D eigenvalue weighted by Crippen LogP contribution is 2.32. The van der Waals surface area contributed by atoms with Crippen molar-refractivity contribution in [3.8, 4) is 11.8 Å². The summed E-state index contributed by atoms with van der Waals surface area (Å²) < 4.78 is 5.65. The Morgan fingerprint density at radius 2 is 1.77 bits per heavy atom. The van der Waals surface area contributed by atoms with Crippen LogP contribution in [0.4, 0.5) is 0 Å². The van der Waals surface area contributed by atoms with Crippen LogP contribution in [-0.2, 0) is 14.3 Å². The lowest BCUT2D eigenvalue weighted by Crippen LogP contribution is -2.42. The van der Waals surface area contributed by atoms with E-state index < -0.39 is 18.1 Å². The first kappa shape index (κ1) is 25.1. The Balaban J connectivity index is 2.20. The Bertz CT molecular complexity index is 826. The molecular formula is C26H37NO4. The van der Waals surface area contributed by atoms with Gasteiger partial charge in [-0.25, -0.2) is 0 Å². The normalized spacial score (nSPS) is 21.4. The molecule has 1 fully saturated rings. The molecule has 0 spiro atoms. The number of hydrogen-bond acceptors (Lipinski definition) is 4. The van der Waals surface area contributed by atoms with E-state index in [1.807, 2.05) is 39.8 Å². The highest BCUT2D eigenvalue weighted by molar-refractivity contribution is 5.87. The van der Waals surface area contributed by atoms with Crippen molar-refractivity contribution in [2.75, 3.05) is 13.1 Å². The molecule has 0 bridgehead atoms. The van der Waals surface area contributed by atoms with Crippen LogP contribution in [0.5, 0.6) is 0 Å². The number of aliphatic hydroxyl groups is 1. The van der Waals surface area contributed by atoms with Crippen molar-refractivity contribution >= 4 is 11.7 Å². The zero-order valence-electron chi connectivity index (χ0n) is 19.8. The number of aliphatic hydroxyl groups excluding tert-OH is 1. The fourth-order valence-electron chi connectivity index (χ4n) is 4.56. The molecule has 0 aliphatic carbocycles. The Morgan fingerprint density at radius 1 is 1.16 bits per heavy atom. The van der Waals surface area contributed by atoms with E-state index in [1.54, 1.807) is 18.7 Å². The molecule has 3 unspecified atom stereocenters. The molecule has 1 aliphatic rings. The molecule has 1 aromatic rings. The number of hydrogen-bond donors (Lipinski definition) is 1. The fraction of sp³-hybridized carbons (Fsp3) is 0.615. The molecule has 5 heteroatoms. The summed E-state index contributed by atoms with van der Waals surface area (Å²) in [6.45, 7) is 12.5. The second-order valence-electron chi connectivity index (χ2n) is 8.81. The number of ketones is 1. The summed E-state index contributed by atoms with van der Waals surface area (Å²) in [6, 6.07) is 3.99. The molecule has 1 amide bonds. The van der Waals surface area contributed by atoms with Crippen molar-refractivity contribution in [1.82, 2.24) is 4.90 Å². The Hall–Kier alpha value is -2.16. The van der Waals surface area contributed by atoms with Crippen molar-refractivity contribution in [1.29, 1.82) is 0 Å². The van der Waals surface area contributed by atoms with Gasteiger partial charge in [0.1, 0.15) is 11.9 Å². The summed E-state index contributed by atoms with van der Waals surface area (Å²) in [6.07, 6.45) is 0.723. The first-order valence-electron chi connectivity index (χ1n) is 11.3. The summed E-state index contributed by atoms with van der Waals surface area (Å²) in [5, 5.41) is 11.0. The number of Topliss-reactive ketones (excluding diaryl/α,β-unsaturated/α-hetero) is 1. The zero-order chi connectivity index (χ0) is 23.1. The number of aryl methyl sites for hydroxylation is 2. The van der Waals surface area contributed by atoms with Gasteiger partial charge in [-0.15, -0.1) is 5.92 Å². The standard InChI is InChI=1S/C26H37NO4/c1-7-10-21-15-18(4)24(19(5)16-21)25-22(28)11-8-13-27(14-9-12-23(25)29)26(30)20(6)31-17(2)3/h15-17,20,22,25,28H,8-9,11-14H2,1-6H3. The summed E-state index contributed by atoms with van der Waals surface area (Å²) in [5.74, 6) is 5.44. The van der Waals surface area contributed by atoms with Gasteiger partial charge in [0.05, 0.1) is 18.1 Å². The Morgan fingerprint density at radius 3 is 2.35 bits per heavy atom. The van der Waals surface area contributed by atoms with Gasteiger partial charge in [-0.2, -0.15) is 0 Å². The second kappa shape index (κ2) is 11.5. The quantitative estimate of drug-likeness (QED) is 0.740. The third-order valence-electron chi connectivity index (χ3n) is 5.82. The predicted octanol–water partition coefficient (Wildman–Crippen LogP) is 3.90. The number of amides is 1. The lowest BCUT2D eigenvalue weighted by Gasteiger charge is -2.31. The first-order chi connectivity index (χ1) is 14.6. The number of ether oxygens (including phenoxy) is 1. The molecule has 170 valence electrons. The summed E-state index contributed by atoms with van der Waals surface area (Å²) in [4.78, 5) is 27.7. The molecular weight excluding hydrogens is 390 g/mol. The maximum atomic E-state index is 13.2. The molecule has 1 aliphatic heterocycles. The summed E-state index contributed by atoms with van der Waals surface area (Å²) in [7, 11) is 0. The van der Waals surface area contributed by atoms with Gasteiger partial charge in [-0.1, -0.05) is 5.92 Å². The molecule has 1 heterocycles. The number of carbonyl (C=O) groups is 2. The van der Waals surface area contributed by atoms with Crippen LogP contribution in [-0.4, -0.2) is 53.1 Å². The van der Waals surface area contributed by atoms with Crippen molar-refractivity contribution < 1.29 is 19.4 Å². The number of nitrogens with zero attached hydrogens (tertiary/aromatic N) is 1. The predicted molar refractivity (Wildman–Crippen MR) is 123 cm³/mol. The Kier molecular flexibility index (Phi) is 9.28. The zero-order valence-corrected chi connectivity index (χ0v) is 19.8. The maximum Gasteiger partial charge on any atom is 0.251 e. The average Bonchev–Trinajstić information content (AvgIpc) is 2.68. The minimum absolute atomic E-state index is 0.0231. The van der Waals surface area contributed by atoms with Gasteiger partial charge in [0.2, 0.25) is 0 Å². The summed E-state index contributed by atoms with van der Waals surface area (Å²) >= 11 is 0. The van der Waals surface area contributed by atoms with Gasteiger partial charge >= 0.3 is 0 Å². The monoisotopic (exact) mass is 427 g/mol. The average molecular weight is 428 g/mol. The molecule has 1 N–H and O–H groups in total. The highest BCUT2D eigenvalue weighted by atomic mass is 16.5. The van der Waals surface area contributed by atoms with E-state index in [0.717, 1.165) is 22.3 Å². The minimum Gasteiger partial charge on any atom is -0.392 e. The summed E-state index contributed by atoms with van der Waals surface area (Å²) in [5.41, 5.74) is 3.83. The van der Waals surface area contributed by atoms with Crippen LogP contribution in [0.25, 0.3) is 0 Å². The largest absolute Gasteiger partial charge is 0.392 e. The smallest absolute Gasteiger partial charge is 0.251 e. The number of benzene rings is 1. The van der Waals surface area contributed by atoms with E-state index in [0.29, 0.717) is 38.8 Å². The second-order valence-corrected chi connectivity index (χ2v) is 8.81. The van der Waals surface area contributed by atoms with Gasteiger partial charge in [0.25, 0.3) is 5.91 Å². The van der Waals surface area contributed by atoms with Crippen molar-refractivity contribution in [3.05, 3.63) is 34.4 Å². The third-order valence-corrected chi connectivity index (χ3v) is 5.82. The Labute approximate surface area is 187 Å². The molecule has 0 saturated carbocycles. The topological polar surface area (TPSA) is 66.8 Å². The van der Waals surface area contributed by atoms with E-state index in [9.17, 15) is 14.7 Å². The molecule has 31 heavy (non-hydrogen) atoms. The highest BCUT2D eigenvalue weighted by Gasteiger charge is 2.32. The van der Waals surface area contributed by atoms with Gasteiger partial charge in [-0.05, 0) is 89.6 Å². The van der Waals surface area contributed by atoms with Gasteiger partial charge in [0.15, 0.2) is 0 Å². The fourth-order valence-corrected chi connectivity index (χ4v) is 4.56. The lowest BCUT2D eigenvalue weighted by molar-refractivity contribution is -0.145. The van der Waals surface area contributed by atoms with E-state index >= 15 is 0 Å². The maximum absolute atomic E-state index is 13.2. The van der Waals surface area contributed by atoms with Gasteiger partial charge in [-0.3, -0.25) is 9.59 Å². The SMILES string of the molecule is CC#Cc1cc(C)c(C2C(=O)CCCN(C(=O)C(C)OC(C)C)CCCC2O)c(C)c1. The van der Waals surface area contributed by atoms with Crippen LogP contribution < -0.4 is 0 Å². The van der Waals surface area contributed by atoms with Gasteiger partial charge in [0, 0.05) is 25.1 Å². The van der Waals surface area contributed by atoms with Crippen LogP contribution in [0.15, 0.2) is 12.1 Å². The molecule has 1 aromatic carbocycles. The van der Waals surface area contributed by atoms with Crippen LogP contribution in [0.1, 0.15) is 81.5 Å². The molecule has 5 nitrogen and oxygen atoms in total. The van der Waals surface area contributed by atoms with E-state index in [1.165, 1.54) is 0 Å². The van der Waals surface area contributed by atoms with Crippen molar-refractivity contribution in [2.45, 2.75) is 91.5 Å². The molecule has 0 radical (unpaired) electrons. The third kappa shape index (κ3) is 6.66. The number of carbonyl (C=O) groups excluding carboxylic acids is 2. The first-order valence-corrected chi connectivity index (χ1v) is 11.3. The molecule has 2 rings (SSSR count). The van der Waals surface area contributed by atoms with E-state index in [4.69, 9.17) is 4.74 Å². The minimum atomic E-state index is -0.771. The van der Waals surface area contributed by atoms with Crippen molar-refractivity contribution in [2.24, 2.45) is 0 Å². The number of rotatable bonds is 4. The van der Waals surface area contributed by atoms with E-state index in [-0.39, 0.29) is 17.8 Å². The van der Waals surface area contributed by atoms with Gasteiger partial charge < -0.3 is 14.7 Å². The van der Waals surface area contributed by atoms with Crippen LogP contribution in [0, 0.1) is 25.7 Å². The van der Waals surface area contributed by atoms with Crippen LogP contribution in [0.2, 0.25) is 0 Å². The van der Waals surface area contributed by atoms with Crippen LogP contribution >= 0.6 is 0 Å². The van der Waals surface area contributed by atoms with Crippen LogP contribution in [0.3, 0.4) is 0 Å². The lowest BCUT2D eigenvalue weighted by atomic mass is 9.80. The molecule has 0 aromatic heterocycles.